The topological polar surface area (TPSA) is 48.9 Å². The van der Waals surface area contributed by atoms with Gasteiger partial charge in [0.25, 0.3) is 0 Å². The zero-order valence-electron chi connectivity index (χ0n) is 17.0. The number of rotatable bonds is 9. The molecule has 0 radical (unpaired) electrons. The molecular formula is C21H37IN4O. The molecule has 5 nitrogen and oxygen atoms in total. The third-order valence-corrected chi connectivity index (χ3v) is 4.77. The highest BCUT2D eigenvalue weighted by Gasteiger charge is 2.09. The second-order valence-corrected chi connectivity index (χ2v) is 6.91. The molecule has 0 unspecified atom stereocenters. The molecule has 0 aliphatic carbocycles. The number of halogens is 1. The van der Waals surface area contributed by atoms with Gasteiger partial charge in [0, 0.05) is 39.9 Å². The van der Waals surface area contributed by atoms with Crippen LogP contribution in [-0.4, -0.2) is 50.8 Å². The molecule has 1 saturated heterocycles. The van der Waals surface area contributed by atoms with Crippen molar-refractivity contribution >= 4 is 29.9 Å². The molecule has 2 rings (SSSR count). The van der Waals surface area contributed by atoms with Gasteiger partial charge in [-0.05, 0) is 50.4 Å². The Bertz CT molecular complexity index is 513. The highest BCUT2D eigenvalue weighted by atomic mass is 127. The molecule has 0 bridgehead atoms. The van der Waals surface area contributed by atoms with Crippen LogP contribution in [0.5, 0.6) is 0 Å². The van der Waals surface area contributed by atoms with Gasteiger partial charge in [-0.3, -0.25) is 9.89 Å². The number of nitrogens with zero attached hydrogens (tertiary/aromatic N) is 2. The molecular weight excluding hydrogens is 451 g/mol. The molecule has 0 aromatic heterocycles. The molecule has 1 aromatic rings. The summed E-state index contributed by atoms with van der Waals surface area (Å²) in [6.45, 7) is 8.82. The Kier molecular flexibility index (Phi) is 13.5. The highest BCUT2D eigenvalue weighted by Crippen LogP contribution is 2.13. The van der Waals surface area contributed by atoms with E-state index in [0.717, 1.165) is 45.2 Å². The summed E-state index contributed by atoms with van der Waals surface area (Å²) < 4.78 is 5.35. The molecule has 154 valence electrons. The Balaban J connectivity index is 0.00000364. The van der Waals surface area contributed by atoms with Crippen LogP contribution in [-0.2, 0) is 17.8 Å². The van der Waals surface area contributed by atoms with Crippen molar-refractivity contribution in [3.8, 4) is 0 Å². The Hall–Kier alpha value is -0.860. The van der Waals surface area contributed by atoms with Crippen molar-refractivity contribution in [3.05, 3.63) is 35.4 Å². The van der Waals surface area contributed by atoms with E-state index in [2.05, 4.69) is 44.8 Å². The van der Waals surface area contributed by atoms with E-state index in [0.29, 0.717) is 0 Å². The van der Waals surface area contributed by atoms with E-state index in [1.165, 1.54) is 49.9 Å². The second-order valence-electron chi connectivity index (χ2n) is 6.91. The van der Waals surface area contributed by atoms with Crippen molar-refractivity contribution in [2.75, 3.05) is 39.9 Å². The summed E-state index contributed by atoms with van der Waals surface area (Å²) in [5.41, 5.74) is 2.69. The number of nitrogens with one attached hydrogen (secondary N) is 2. The maximum Gasteiger partial charge on any atom is 0.191 e. The number of guanidine groups is 1. The fourth-order valence-corrected chi connectivity index (χ4v) is 3.25. The highest BCUT2D eigenvalue weighted by molar-refractivity contribution is 14.0. The first kappa shape index (κ1) is 24.2. The van der Waals surface area contributed by atoms with Crippen molar-refractivity contribution in [1.29, 1.82) is 0 Å². The minimum Gasteiger partial charge on any atom is -0.382 e. The van der Waals surface area contributed by atoms with Crippen molar-refractivity contribution in [2.24, 2.45) is 4.99 Å². The van der Waals surface area contributed by atoms with Gasteiger partial charge in [-0.25, -0.2) is 0 Å². The normalized spacial score (nSPS) is 15.7. The summed E-state index contributed by atoms with van der Waals surface area (Å²) in [5.74, 6) is 0.843. The van der Waals surface area contributed by atoms with E-state index < -0.39 is 0 Å². The summed E-state index contributed by atoms with van der Waals surface area (Å²) in [4.78, 5) is 6.86. The van der Waals surface area contributed by atoms with E-state index in [4.69, 9.17) is 4.74 Å². The van der Waals surface area contributed by atoms with E-state index in [9.17, 15) is 0 Å². The molecule has 1 fully saturated rings. The SMILES string of the molecule is CCOCCCNC(=NC)NCc1ccc(CN2CCCCCC2)cc1.I. The second kappa shape index (κ2) is 15.1. The Morgan fingerprint density at radius 3 is 2.33 bits per heavy atom. The molecule has 1 aliphatic rings. The van der Waals surface area contributed by atoms with Gasteiger partial charge in [-0.2, -0.15) is 0 Å². The Morgan fingerprint density at radius 2 is 1.70 bits per heavy atom. The largest absolute Gasteiger partial charge is 0.382 e. The first-order valence-corrected chi connectivity index (χ1v) is 10.1. The van der Waals surface area contributed by atoms with Crippen molar-refractivity contribution in [3.63, 3.8) is 0 Å². The lowest BCUT2D eigenvalue weighted by atomic mass is 10.1. The van der Waals surface area contributed by atoms with Crippen LogP contribution in [0.3, 0.4) is 0 Å². The van der Waals surface area contributed by atoms with E-state index in [-0.39, 0.29) is 24.0 Å². The third-order valence-electron chi connectivity index (χ3n) is 4.77. The predicted molar refractivity (Wildman–Crippen MR) is 125 cm³/mol. The van der Waals surface area contributed by atoms with Crippen LogP contribution in [0.15, 0.2) is 29.3 Å². The third kappa shape index (κ3) is 10.3. The van der Waals surface area contributed by atoms with Crippen LogP contribution in [0.1, 0.15) is 50.2 Å². The monoisotopic (exact) mass is 488 g/mol. The van der Waals surface area contributed by atoms with Crippen LogP contribution in [0.4, 0.5) is 0 Å². The minimum absolute atomic E-state index is 0. The fourth-order valence-electron chi connectivity index (χ4n) is 3.25. The van der Waals surface area contributed by atoms with Gasteiger partial charge in [0.2, 0.25) is 0 Å². The molecule has 0 saturated carbocycles. The lowest BCUT2D eigenvalue weighted by Gasteiger charge is -2.20. The molecule has 2 N–H and O–H groups in total. The first-order chi connectivity index (χ1) is 12.8. The number of likely N-dealkylation sites (tertiary alicyclic amines) is 1. The summed E-state index contributed by atoms with van der Waals surface area (Å²) in [7, 11) is 1.81. The molecule has 0 spiro atoms. The van der Waals surface area contributed by atoms with Crippen LogP contribution in [0, 0.1) is 0 Å². The average Bonchev–Trinajstić information content (AvgIpc) is 2.94. The molecule has 27 heavy (non-hydrogen) atoms. The quantitative estimate of drug-likeness (QED) is 0.241. The maximum atomic E-state index is 5.35. The predicted octanol–water partition coefficient (Wildman–Crippen LogP) is 3.77. The number of hydrogen-bond acceptors (Lipinski definition) is 3. The van der Waals surface area contributed by atoms with Gasteiger partial charge in [-0.1, -0.05) is 37.1 Å². The summed E-state index contributed by atoms with van der Waals surface area (Å²) >= 11 is 0. The smallest absolute Gasteiger partial charge is 0.191 e. The lowest BCUT2D eigenvalue weighted by Crippen LogP contribution is -2.37. The molecule has 0 atom stereocenters. The van der Waals surface area contributed by atoms with Gasteiger partial charge < -0.3 is 15.4 Å². The molecule has 1 heterocycles. The van der Waals surface area contributed by atoms with E-state index >= 15 is 0 Å². The first-order valence-electron chi connectivity index (χ1n) is 10.1. The van der Waals surface area contributed by atoms with Crippen LogP contribution < -0.4 is 10.6 Å². The Labute approximate surface area is 182 Å². The van der Waals surface area contributed by atoms with Crippen LogP contribution in [0.2, 0.25) is 0 Å². The summed E-state index contributed by atoms with van der Waals surface area (Å²) in [5, 5.41) is 6.70. The Morgan fingerprint density at radius 1 is 1.04 bits per heavy atom. The number of ether oxygens (including phenoxy) is 1. The number of aliphatic imine (C=N–C) groups is 1. The van der Waals surface area contributed by atoms with Gasteiger partial charge in [-0.15, -0.1) is 24.0 Å². The van der Waals surface area contributed by atoms with Crippen molar-refractivity contribution in [1.82, 2.24) is 15.5 Å². The fraction of sp³-hybridized carbons (Fsp3) is 0.667. The van der Waals surface area contributed by atoms with E-state index in [1.807, 2.05) is 14.0 Å². The lowest BCUT2D eigenvalue weighted by molar-refractivity contribution is 0.145. The van der Waals surface area contributed by atoms with Crippen LogP contribution in [0.25, 0.3) is 0 Å². The number of benzene rings is 1. The zero-order valence-corrected chi connectivity index (χ0v) is 19.3. The van der Waals surface area contributed by atoms with E-state index in [1.54, 1.807) is 0 Å². The zero-order chi connectivity index (χ0) is 18.5. The van der Waals surface area contributed by atoms with Gasteiger partial charge in [0.1, 0.15) is 0 Å². The molecule has 1 aliphatic heterocycles. The molecule has 6 heteroatoms. The van der Waals surface area contributed by atoms with Crippen LogP contribution >= 0.6 is 24.0 Å². The maximum absolute atomic E-state index is 5.35. The summed E-state index contributed by atoms with van der Waals surface area (Å²) in [6, 6.07) is 8.98. The molecule has 1 aromatic carbocycles. The van der Waals surface area contributed by atoms with Crippen molar-refractivity contribution < 1.29 is 4.74 Å². The van der Waals surface area contributed by atoms with Gasteiger partial charge >= 0.3 is 0 Å². The van der Waals surface area contributed by atoms with Gasteiger partial charge in [0.05, 0.1) is 0 Å². The molecule has 0 amide bonds. The standard InChI is InChI=1S/C21H36N4O.HI/c1-3-26-16-8-13-23-21(22-2)24-17-19-9-11-20(12-10-19)18-25-14-6-4-5-7-15-25;/h9-12H,3-8,13-18H2,1-2H3,(H2,22,23,24);1H. The van der Waals surface area contributed by atoms with Crippen molar-refractivity contribution in [2.45, 2.75) is 52.1 Å². The van der Waals surface area contributed by atoms with Gasteiger partial charge in [0.15, 0.2) is 5.96 Å². The number of hydrogen-bond donors (Lipinski definition) is 2. The average molecular weight is 488 g/mol. The summed E-state index contributed by atoms with van der Waals surface area (Å²) in [6.07, 6.45) is 6.46. The minimum atomic E-state index is 0.